The average molecular weight is 233 g/mol. The highest BCUT2D eigenvalue weighted by Gasteiger charge is 2.26. The Balaban J connectivity index is 2.06. The Morgan fingerprint density at radius 2 is 2.06 bits per heavy atom. The molecule has 1 aliphatic carbocycles. The molecule has 0 unspecified atom stereocenters. The largest absolute Gasteiger partial charge is 0.261 e. The Morgan fingerprint density at radius 1 is 1.19 bits per heavy atom. The third-order valence-electron chi connectivity index (χ3n) is 2.50. The zero-order valence-corrected chi connectivity index (χ0v) is 9.22. The Hall–Kier alpha value is -1.55. The summed E-state index contributed by atoms with van der Waals surface area (Å²) < 4.78 is 0. The maximum Gasteiger partial charge on any atom is 0.181 e. The van der Waals surface area contributed by atoms with Crippen LogP contribution in [0.2, 0.25) is 5.15 Å². The summed E-state index contributed by atoms with van der Waals surface area (Å²) in [6.45, 7) is 0. The first-order valence-corrected chi connectivity index (χ1v) is 5.51. The van der Waals surface area contributed by atoms with Gasteiger partial charge in [0, 0.05) is 24.0 Å². The second-order valence-electron chi connectivity index (χ2n) is 3.80. The number of hydrogen-bond donors (Lipinski definition) is 0. The Labute approximate surface area is 97.8 Å². The van der Waals surface area contributed by atoms with Crippen molar-refractivity contribution < 1.29 is 0 Å². The molecule has 80 valence electrons. The van der Waals surface area contributed by atoms with Gasteiger partial charge in [-0.3, -0.25) is 4.98 Å². The third-order valence-corrected chi connectivity index (χ3v) is 2.70. The lowest BCUT2D eigenvalue weighted by Gasteiger charge is -2.02. The molecule has 0 saturated heterocycles. The minimum absolute atomic E-state index is 0.470. The summed E-state index contributed by atoms with van der Waals surface area (Å²) in [5, 5.41) is 0.470. The number of aromatic nitrogens is 4. The predicted octanol–water partition coefficient (Wildman–Crippen LogP) is 2.46. The lowest BCUT2D eigenvalue weighted by Crippen LogP contribution is -1.96. The van der Waals surface area contributed by atoms with E-state index in [9.17, 15) is 0 Å². The fourth-order valence-electron chi connectivity index (χ4n) is 1.55. The summed E-state index contributed by atoms with van der Waals surface area (Å²) in [6, 6.07) is 1.83. The summed E-state index contributed by atoms with van der Waals surface area (Å²) in [5.41, 5.74) is 1.67. The number of hydrogen-bond acceptors (Lipinski definition) is 4. The van der Waals surface area contributed by atoms with E-state index in [1.807, 2.05) is 6.07 Å². The van der Waals surface area contributed by atoms with Gasteiger partial charge < -0.3 is 0 Å². The highest BCUT2D eigenvalue weighted by Crippen LogP contribution is 2.39. The van der Waals surface area contributed by atoms with E-state index in [4.69, 9.17) is 11.6 Å². The van der Waals surface area contributed by atoms with Gasteiger partial charge in [0.1, 0.15) is 10.8 Å². The van der Waals surface area contributed by atoms with Crippen LogP contribution in [-0.2, 0) is 0 Å². The maximum atomic E-state index is 5.97. The van der Waals surface area contributed by atoms with E-state index in [1.165, 1.54) is 12.8 Å². The topological polar surface area (TPSA) is 51.6 Å². The third kappa shape index (κ3) is 1.88. The van der Waals surface area contributed by atoms with Gasteiger partial charge in [0.25, 0.3) is 0 Å². The van der Waals surface area contributed by atoms with Gasteiger partial charge in [0.05, 0.1) is 6.20 Å². The van der Waals surface area contributed by atoms with Crippen LogP contribution in [0, 0.1) is 0 Å². The molecule has 1 fully saturated rings. The van der Waals surface area contributed by atoms with Gasteiger partial charge in [-0.25, -0.2) is 15.0 Å². The zero-order chi connectivity index (χ0) is 11.0. The van der Waals surface area contributed by atoms with Crippen LogP contribution in [0.1, 0.15) is 24.5 Å². The molecular weight excluding hydrogens is 224 g/mol. The average Bonchev–Trinajstić information content (AvgIpc) is 3.13. The SMILES string of the molecule is Clc1cc(C2CC2)nc(-c2cnccn2)n1. The quantitative estimate of drug-likeness (QED) is 0.747. The highest BCUT2D eigenvalue weighted by molar-refractivity contribution is 6.29. The van der Waals surface area contributed by atoms with Gasteiger partial charge >= 0.3 is 0 Å². The molecule has 16 heavy (non-hydrogen) atoms. The molecule has 3 rings (SSSR count). The first-order valence-electron chi connectivity index (χ1n) is 5.14. The molecule has 1 aliphatic rings. The van der Waals surface area contributed by atoms with Crippen molar-refractivity contribution in [1.82, 2.24) is 19.9 Å². The Bertz CT molecular complexity index is 511. The molecule has 2 aromatic rings. The molecule has 0 amide bonds. The van der Waals surface area contributed by atoms with Gasteiger partial charge in [-0.1, -0.05) is 11.6 Å². The van der Waals surface area contributed by atoms with Crippen LogP contribution in [0.4, 0.5) is 0 Å². The van der Waals surface area contributed by atoms with Crippen LogP contribution in [0.15, 0.2) is 24.7 Å². The molecule has 0 atom stereocenters. The van der Waals surface area contributed by atoms with Crippen molar-refractivity contribution in [3.8, 4) is 11.5 Å². The fraction of sp³-hybridized carbons (Fsp3) is 0.273. The lowest BCUT2D eigenvalue weighted by atomic mass is 10.3. The van der Waals surface area contributed by atoms with Gasteiger partial charge in [-0.05, 0) is 18.9 Å². The van der Waals surface area contributed by atoms with E-state index in [0.29, 0.717) is 22.6 Å². The molecule has 0 spiro atoms. The van der Waals surface area contributed by atoms with E-state index in [0.717, 1.165) is 5.69 Å². The van der Waals surface area contributed by atoms with Gasteiger partial charge in [0.15, 0.2) is 5.82 Å². The van der Waals surface area contributed by atoms with Crippen LogP contribution in [0.3, 0.4) is 0 Å². The summed E-state index contributed by atoms with van der Waals surface area (Å²) in [4.78, 5) is 16.8. The van der Waals surface area contributed by atoms with Crippen molar-refractivity contribution in [2.75, 3.05) is 0 Å². The Morgan fingerprint density at radius 3 is 2.75 bits per heavy atom. The minimum atomic E-state index is 0.470. The molecule has 2 heterocycles. The van der Waals surface area contributed by atoms with Crippen molar-refractivity contribution in [1.29, 1.82) is 0 Å². The predicted molar refractivity (Wildman–Crippen MR) is 60.0 cm³/mol. The molecule has 4 nitrogen and oxygen atoms in total. The maximum absolute atomic E-state index is 5.97. The van der Waals surface area contributed by atoms with Crippen molar-refractivity contribution in [3.63, 3.8) is 0 Å². The first-order chi connectivity index (χ1) is 7.83. The van der Waals surface area contributed by atoms with Crippen molar-refractivity contribution >= 4 is 11.6 Å². The second kappa shape index (κ2) is 3.79. The second-order valence-corrected chi connectivity index (χ2v) is 4.19. The Kier molecular flexibility index (Phi) is 2.29. The van der Waals surface area contributed by atoms with Crippen LogP contribution in [-0.4, -0.2) is 19.9 Å². The minimum Gasteiger partial charge on any atom is -0.261 e. The van der Waals surface area contributed by atoms with E-state index in [-0.39, 0.29) is 0 Å². The molecule has 1 saturated carbocycles. The molecule has 0 radical (unpaired) electrons. The van der Waals surface area contributed by atoms with E-state index in [2.05, 4.69) is 19.9 Å². The van der Waals surface area contributed by atoms with E-state index < -0.39 is 0 Å². The molecule has 5 heteroatoms. The zero-order valence-electron chi connectivity index (χ0n) is 8.47. The van der Waals surface area contributed by atoms with Crippen LogP contribution >= 0.6 is 11.6 Å². The summed E-state index contributed by atoms with van der Waals surface area (Å²) in [6.07, 6.45) is 7.26. The first kappa shape index (κ1) is 9.66. The molecular formula is C11H9ClN4. The number of halogens is 1. The highest BCUT2D eigenvalue weighted by atomic mass is 35.5. The molecule has 2 aromatic heterocycles. The molecule has 0 bridgehead atoms. The lowest BCUT2D eigenvalue weighted by molar-refractivity contribution is 0.984. The molecule has 0 aliphatic heterocycles. The molecule has 0 aromatic carbocycles. The summed E-state index contributed by atoms with van der Waals surface area (Å²) >= 11 is 5.97. The normalized spacial score (nSPS) is 15.1. The smallest absolute Gasteiger partial charge is 0.181 e. The van der Waals surface area contributed by atoms with Crippen molar-refractivity contribution in [2.24, 2.45) is 0 Å². The number of rotatable bonds is 2. The van der Waals surface area contributed by atoms with Gasteiger partial charge in [-0.15, -0.1) is 0 Å². The summed E-state index contributed by atoms with van der Waals surface area (Å²) in [5.74, 6) is 1.11. The standard InChI is InChI=1S/C11H9ClN4/c12-10-5-8(7-1-2-7)15-11(16-10)9-6-13-3-4-14-9/h3-7H,1-2H2. The monoisotopic (exact) mass is 232 g/mol. The van der Waals surface area contributed by atoms with Crippen LogP contribution < -0.4 is 0 Å². The van der Waals surface area contributed by atoms with Crippen LogP contribution in [0.25, 0.3) is 11.5 Å². The fourth-order valence-corrected chi connectivity index (χ4v) is 1.74. The number of nitrogens with zero attached hydrogens (tertiary/aromatic N) is 4. The molecule has 0 N–H and O–H groups in total. The van der Waals surface area contributed by atoms with E-state index in [1.54, 1.807) is 18.6 Å². The van der Waals surface area contributed by atoms with Gasteiger partial charge in [0.2, 0.25) is 0 Å². The van der Waals surface area contributed by atoms with Gasteiger partial charge in [-0.2, -0.15) is 0 Å². The van der Waals surface area contributed by atoms with Crippen molar-refractivity contribution in [3.05, 3.63) is 35.5 Å². The van der Waals surface area contributed by atoms with Crippen LogP contribution in [0.5, 0.6) is 0 Å². The summed E-state index contributed by atoms with van der Waals surface area (Å²) in [7, 11) is 0. The van der Waals surface area contributed by atoms with Crippen molar-refractivity contribution in [2.45, 2.75) is 18.8 Å². The van der Waals surface area contributed by atoms with E-state index >= 15 is 0 Å².